The van der Waals surface area contributed by atoms with Crippen LogP contribution in [0.5, 0.6) is 0 Å². The molecule has 2 amide bonds. The van der Waals surface area contributed by atoms with E-state index >= 15 is 0 Å². The van der Waals surface area contributed by atoms with Crippen LogP contribution in [0.2, 0.25) is 0 Å². The Hall–Kier alpha value is -1.70. The van der Waals surface area contributed by atoms with Gasteiger partial charge in [-0.3, -0.25) is 4.79 Å². The first kappa shape index (κ1) is 14.4. The van der Waals surface area contributed by atoms with Crippen LogP contribution >= 0.6 is 0 Å². The van der Waals surface area contributed by atoms with Crippen LogP contribution in [0, 0.1) is 18.3 Å². The number of nitrogens with zero attached hydrogens (tertiary/aromatic N) is 1. The molecule has 5 heteroatoms. The van der Waals surface area contributed by atoms with Gasteiger partial charge in [-0.1, -0.05) is 19.3 Å². The maximum atomic E-state index is 12.0. The molecule has 2 unspecified atom stereocenters. The SMILES string of the molecule is C#CCN(CCC)C(=O)NC1CCCC1C(=O)O. The third-order valence-electron chi connectivity index (χ3n) is 3.20. The summed E-state index contributed by atoms with van der Waals surface area (Å²) in [5.41, 5.74) is 0. The quantitative estimate of drug-likeness (QED) is 0.724. The van der Waals surface area contributed by atoms with Crippen molar-refractivity contribution < 1.29 is 14.7 Å². The van der Waals surface area contributed by atoms with Gasteiger partial charge in [0.2, 0.25) is 0 Å². The van der Waals surface area contributed by atoms with Crippen molar-refractivity contribution in [1.82, 2.24) is 10.2 Å². The number of carbonyl (C=O) groups is 2. The van der Waals surface area contributed by atoms with Gasteiger partial charge in [-0.15, -0.1) is 6.42 Å². The number of nitrogens with one attached hydrogen (secondary N) is 1. The molecule has 2 N–H and O–H groups in total. The second-order valence-corrected chi connectivity index (χ2v) is 4.56. The number of amides is 2. The van der Waals surface area contributed by atoms with E-state index in [1.54, 1.807) is 0 Å². The Labute approximate surface area is 108 Å². The van der Waals surface area contributed by atoms with Gasteiger partial charge in [0.05, 0.1) is 12.5 Å². The maximum Gasteiger partial charge on any atom is 0.318 e. The van der Waals surface area contributed by atoms with Gasteiger partial charge < -0.3 is 15.3 Å². The van der Waals surface area contributed by atoms with Crippen molar-refractivity contribution in [2.75, 3.05) is 13.1 Å². The molecule has 0 aliphatic heterocycles. The summed E-state index contributed by atoms with van der Waals surface area (Å²) in [6, 6.07) is -0.528. The fourth-order valence-electron chi connectivity index (χ4n) is 2.31. The van der Waals surface area contributed by atoms with Crippen LogP contribution in [-0.4, -0.2) is 41.1 Å². The second kappa shape index (κ2) is 6.90. The Kier molecular flexibility index (Phi) is 5.50. The molecule has 0 heterocycles. The van der Waals surface area contributed by atoms with Crippen LogP contribution in [-0.2, 0) is 4.79 Å². The molecule has 1 fully saturated rings. The lowest BCUT2D eigenvalue weighted by Gasteiger charge is -2.24. The van der Waals surface area contributed by atoms with Gasteiger partial charge in [0, 0.05) is 12.6 Å². The Morgan fingerprint density at radius 2 is 2.22 bits per heavy atom. The molecule has 100 valence electrons. The monoisotopic (exact) mass is 252 g/mol. The van der Waals surface area contributed by atoms with Gasteiger partial charge in [0.15, 0.2) is 0 Å². The number of carbonyl (C=O) groups excluding carboxylic acids is 1. The van der Waals surface area contributed by atoms with E-state index in [0.717, 1.165) is 19.3 Å². The maximum absolute atomic E-state index is 12.0. The van der Waals surface area contributed by atoms with Crippen molar-refractivity contribution in [2.45, 2.75) is 38.6 Å². The summed E-state index contributed by atoms with van der Waals surface area (Å²) in [4.78, 5) is 24.5. The van der Waals surface area contributed by atoms with Crippen molar-refractivity contribution in [3.05, 3.63) is 0 Å². The van der Waals surface area contributed by atoms with E-state index in [0.29, 0.717) is 13.0 Å². The fraction of sp³-hybridized carbons (Fsp3) is 0.692. The van der Waals surface area contributed by atoms with Gasteiger partial charge in [0.25, 0.3) is 0 Å². The minimum absolute atomic E-state index is 0.254. The normalized spacial score (nSPS) is 22.2. The van der Waals surface area contributed by atoms with Crippen LogP contribution in [0.25, 0.3) is 0 Å². The number of carboxylic acids is 1. The molecular weight excluding hydrogens is 232 g/mol. The smallest absolute Gasteiger partial charge is 0.318 e. The number of urea groups is 1. The average Bonchev–Trinajstić information content (AvgIpc) is 2.77. The van der Waals surface area contributed by atoms with Crippen molar-refractivity contribution in [1.29, 1.82) is 0 Å². The van der Waals surface area contributed by atoms with Gasteiger partial charge in [0.1, 0.15) is 0 Å². The van der Waals surface area contributed by atoms with Crippen molar-refractivity contribution in [2.24, 2.45) is 5.92 Å². The van der Waals surface area contributed by atoms with E-state index in [-0.39, 0.29) is 18.6 Å². The predicted molar refractivity (Wildman–Crippen MR) is 68.0 cm³/mol. The summed E-state index contributed by atoms with van der Waals surface area (Å²) in [6.07, 6.45) is 8.22. The molecule has 0 radical (unpaired) electrons. The standard InChI is InChI=1S/C13H20N2O3/c1-3-8-15(9-4-2)13(18)14-11-7-5-6-10(11)12(16)17/h1,10-11H,4-9H2,2H3,(H,14,18)(H,16,17). The number of hydrogen-bond donors (Lipinski definition) is 2. The van der Waals surface area contributed by atoms with Crippen molar-refractivity contribution >= 4 is 12.0 Å². The number of terminal acetylenes is 1. The first-order valence-electron chi connectivity index (χ1n) is 6.31. The van der Waals surface area contributed by atoms with Crippen LogP contribution in [0.3, 0.4) is 0 Å². The highest BCUT2D eigenvalue weighted by Crippen LogP contribution is 2.25. The molecule has 0 aromatic carbocycles. The first-order chi connectivity index (χ1) is 8.60. The zero-order valence-corrected chi connectivity index (χ0v) is 10.7. The summed E-state index contributed by atoms with van der Waals surface area (Å²) in [5, 5.41) is 11.8. The number of hydrogen-bond acceptors (Lipinski definition) is 2. The lowest BCUT2D eigenvalue weighted by molar-refractivity contribution is -0.142. The van der Waals surface area contributed by atoms with E-state index in [4.69, 9.17) is 11.5 Å². The molecule has 0 aromatic heterocycles. The van der Waals surface area contributed by atoms with Gasteiger partial charge in [-0.2, -0.15) is 0 Å². The minimum atomic E-state index is -0.836. The second-order valence-electron chi connectivity index (χ2n) is 4.56. The van der Waals surface area contributed by atoms with Crippen molar-refractivity contribution in [3.8, 4) is 12.3 Å². The van der Waals surface area contributed by atoms with E-state index in [2.05, 4.69) is 11.2 Å². The summed E-state index contributed by atoms with van der Waals surface area (Å²) in [7, 11) is 0. The highest BCUT2D eigenvalue weighted by atomic mass is 16.4. The topological polar surface area (TPSA) is 69.6 Å². The molecular formula is C13H20N2O3. The fourth-order valence-corrected chi connectivity index (χ4v) is 2.31. The van der Waals surface area contributed by atoms with Crippen LogP contribution in [0.1, 0.15) is 32.6 Å². The Bertz CT molecular complexity index is 349. The van der Waals surface area contributed by atoms with Gasteiger partial charge in [-0.25, -0.2) is 4.79 Å². The lowest BCUT2D eigenvalue weighted by atomic mass is 10.0. The Balaban J connectivity index is 2.57. The van der Waals surface area contributed by atoms with E-state index < -0.39 is 11.9 Å². The third kappa shape index (κ3) is 3.66. The average molecular weight is 252 g/mol. The van der Waals surface area contributed by atoms with Crippen LogP contribution in [0.15, 0.2) is 0 Å². The summed E-state index contributed by atoms with van der Waals surface area (Å²) in [5.74, 6) is 1.14. The Morgan fingerprint density at radius 3 is 2.78 bits per heavy atom. The Morgan fingerprint density at radius 1 is 1.50 bits per heavy atom. The summed E-state index contributed by atoms with van der Waals surface area (Å²) < 4.78 is 0. The molecule has 1 rings (SSSR count). The van der Waals surface area contributed by atoms with Gasteiger partial charge >= 0.3 is 12.0 Å². The highest BCUT2D eigenvalue weighted by Gasteiger charge is 2.34. The van der Waals surface area contributed by atoms with Gasteiger partial charge in [-0.05, 0) is 19.3 Å². The summed E-state index contributed by atoms with van der Waals surface area (Å²) >= 11 is 0. The van der Waals surface area contributed by atoms with Crippen LogP contribution < -0.4 is 5.32 Å². The molecule has 0 aromatic rings. The van der Waals surface area contributed by atoms with E-state index in [9.17, 15) is 9.59 Å². The predicted octanol–water partition coefficient (Wildman–Crippen LogP) is 1.29. The van der Waals surface area contributed by atoms with Crippen LogP contribution in [0.4, 0.5) is 4.79 Å². The lowest BCUT2D eigenvalue weighted by Crippen LogP contribution is -2.47. The zero-order chi connectivity index (χ0) is 13.5. The molecule has 1 aliphatic rings. The van der Waals surface area contributed by atoms with E-state index in [1.807, 2.05) is 6.92 Å². The molecule has 1 saturated carbocycles. The number of aliphatic carboxylic acids is 1. The third-order valence-corrected chi connectivity index (χ3v) is 3.20. The summed E-state index contributed by atoms with van der Waals surface area (Å²) in [6.45, 7) is 2.80. The zero-order valence-electron chi connectivity index (χ0n) is 10.7. The largest absolute Gasteiger partial charge is 0.481 e. The molecule has 0 saturated heterocycles. The molecule has 1 aliphatic carbocycles. The van der Waals surface area contributed by atoms with E-state index in [1.165, 1.54) is 4.90 Å². The molecule has 0 bridgehead atoms. The minimum Gasteiger partial charge on any atom is -0.481 e. The molecule has 2 atom stereocenters. The molecule has 18 heavy (non-hydrogen) atoms. The molecule has 5 nitrogen and oxygen atoms in total. The molecule has 0 spiro atoms. The number of carboxylic acid groups (broad SMARTS) is 1. The highest BCUT2D eigenvalue weighted by molar-refractivity contribution is 5.77. The number of rotatable bonds is 5. The van der Waals surface area contributed by atoms with Crippen molar-refractivity contribution in [3.63, 3.8) is 0 Å². The first-order valence-corrected chi connectivity index (χ1v) is 6.31.